The molecule has 0 radical (unpaired) electrons. The summed E-state index contributed by atoms with van der Waals surface area (Å²) in [6.45, 7) is 12.3. The standard InChI is InChI=1S/C47H60N4O5.Ni/c1-7-9-10-11-12-13-14-15-16-17-18-19-20-21-43(55)56-47-31(6)38-25-36-29(4)33(22-23-42(53)54)45(50-36)34-24-41(52)44-30(5)37(51-46(34)44)26-39-32(8-2)28(3)35(48-39)27-40(47)49-38;/h13-14,25-27,29,33H,7-12,15-24H2,1-6H3,(H3,48,49,50,51,52,53,54);/q;+2/p-2/b14-13+;/t29-,33-;/m0./s1. The van der Waals surface area contributed by atoms with Crippen molar-refractivity contribution in [3.8, 4) is 0 Å². The molecule has 306 valence electrons. The summed E-state index contributed by atoms with van der Waals surface area (Å²) in [5.74, 6) is -1.08. The first-order valence-electron chi connectivity index (χ1n) is 21.0. The summed E-state index contributed by atoms with van der Waals surface area (Å²) in [5.41, 5.74) is 9.27. The predicted octanol–water partition coefficient (Wildman–Crippen LogP) is 8.38. The van der Waals surface area contributed by atoms with Gasteiger partial charge < -0.3 is 19.9 Å². The third-order valence-corrected chi connectivity index (χ3v) is 11.9. The van der Waals surface area contributed by atoms with Gasteiger partial charge in [-0.3, -0.25) is 14.6 Å². The number of hydrogen-bond acceptors (Lipinski definition) is 7. The maximum absolute atomic E-state index is 13.5. The Bertz CT molecular complexity index is 2170. The SMILES string of the molecule is CCCCCC/C=C/CCCCCCCC(=O)OC1=C(C)C2=NC1=CC1=NC(=Cc3[n-]c4c(c3C)=C([O-])CC=4C3=NC(=C2)[C@@H](C)[C@@H]3CCC(=O)O)C(CC)=C1C.[Ni+2]. The van der Waals surface area contributed by atoms with Gasteiger partial charge in [0.05, 0.1) is 17.1 Å². The number of carboxylic acids is 1. The fourth-order valence-electron chi connectivity index (χ4n) is 8.52. The van der Waals surface area contributed by atoms with Crippen LogP contribution in [0.2, 0.25) is 0 Å². The summed E-state index contributed by atoms with van der Waals surface area (Å²) in [6, 6.07) is 0. The van der Waals surface area contributed by atoms with Crippen LogP contribution >= 0.6 is 0 Å². The van der Waals surface area contributed by atoms with E-state index in [2.05, 4.69) is 26.0 Å². The Morgan fingerprint density at radius 1 is 0.877 bits per heavy atom. The Balaban J connectivity index is 0.00000620. The van der Waals surface area contributed by atoms with Crippen LogP contribution in [0.4, 0.5) is 0 Å². The van der Waals surface area contributed by atoms with E-state index >= 15 is 0 Å². The van der Waals surface area contributed by atoms with Gasteiger partial charge in [0.2, 0.25) is 0 Å². The molecule has 0 aromatic carbocycles. The van der Waals surface area contributed by atoms with Gasteiger partial charge in [-0.1, -0.05) is 83.1 Å². The summed E-state index contributed by atoms with van der Waals surface area (Å²) in [4.78, 5) is 45.4. The van der Waals surface area contributed by atoms with Crippen LogP contribution in [-0.2, 0) is 30.8 Å². The number of carbonyl (C=O) groups excluding carboxylic acids is 1. The Morgan fingerprint density at radius 2 is 1.54 bits per heavy atom. The van der Waals surface area contributed by atoms with E-state index in [-0.39, 0.29) is 52.9 Å². The van der Waals surface area contributed by atoms with Crippen molar-refractivity contribution in [1.82, 2.24) is 4.98 Å². The largest absolute Gasteiger partial charge is 2.00 e. The number of fused-ring (bicyclic) bond motifs is 5. The quantitative estimate of drug-likeness (QED) is 0.0684. The molecule has 1 aromatic heterocycles. The molecule has 0 fully saturated rings. The number of hydrogen-bond donors (Lipinski definition) is 1. The zero-order valence-electron chi connectivity index (χ0n) is 34.5. The van der Waals surface area contributed by atoms with Crippen molar-refractivity contribution in [3.05, 3.63) is 85.7 Å². The van der Waals surface area contributed by atoms with E-state index in [0.29, 0.717) is 46.3 Å². The molecule has 8 bridgehead atoms. The maximum Gasteiger partial charge on any atom is 2.00 e. The van der Waals surface area contributed by atoms with E-state index in [9.17, 15) is 19.8 Å². The fourth-order valence-corrected chi connectivity index (χ4v) is 8.52. The average molecular weight is 818 g/mol. The third kappa shape index (κ3) is 9.88. The fraction of sp³-hybridized carbons (Fsp3) is 0.511. The summed E-state index contributed by atoms with van der Waals surface area (Å²) in [5, 5.41) is 24.5. The molecule has 4 aliphatic heterocycles. The van der Waals surface area contributed by atoms with Gasteiger partial charge in [-0.15, -0.1) is 16.8 Å². The summed E-state index contributed by atoms with van der Waals surface area (Å²) >= 11 is 0. The molecule has 0 unspecified atom stereocenters. The molecule has 1 aromatic rings. The summed E-state index contributed by atoms with van der Waals surface area (Å²) in [7, 11) is 0. The van der Waals surface area contributed by atoms with Crippen LogP contribution in [0.25, 0.3) is 17.4 Å². The second-order valence-electron chi connectivity index (χ2n) is 15.9. The first kappa shape index (κ1) is 43.8. The molecule has 0 saturated heterocycles. The summed E-state index contributed by atoms with van der Waals surface area (Å²) < 4.78 is 6.14. The third-order valence-electron chi connectivity index (χ3n) is 11.9. The molecular weight excluding hydrogens is 759 g/mol. The predicted molar refractivity (Wildman–Crippen MR) is 223 cm³/mol. The van der Waals surface area contributed by atoms with E-state index in [4.69, 9.17) is 24.7 Å². The van der Waals surface area contributed by atoms with Crippen LogP contribution in [0, 0.1) is 18.8 Å². The van der Waals surface area contributed by atoms with Crippen molar-refractivity contribution < 1.29 is 41.0 Å². The zero-order chi connectivity index (χ0) is 39.9. The molecule has 0 amide bonds. The molecule has 0 saturated carbocycles. The van der Waals surface area contributed by atoms with Crippen molar-refractivity contribution in [1.29, 1.82) is 0 Å². The van der Waals surface area contributed by atoms with Crippen LogP contribution in [0.5, 0.6) is 0 Å². The van der Waals surface area contributed by atoms with E-state index in [0.717, 1.165) is 89.2 Å². The van der Waals surface area contributed by atoms with Crippen LogP contribution < -0.4 is 20.7 Å². The number of carbonyl (C=O) groups is 2. The second-order valence-corrected chi connectivity index (χ2v) is 15.9. The number of nitrogens with zero attached hydrogens (tertiary/aromatic N) is 4. The molecule has 6 rings (SSSR count). The zero-order valence-corrected chi connectivity index (χ0v) is 35.5. The molecule has 1 aliphatic carbocycles. The van der Waals surface area contributed by atoms with Crippen molar-refractivity contribution >= 4 is 46.5 Å². The monoisotopic (exact) mass is 816 g/mol. The van der Waals surface area contributed by atoms with Gasteiger partial charge >= 0.3 is 28.4 Å². The van der Waals surface area contributed by atoms with Gasteiger partial charge in [0, 0.05) is 41.7 Å². The minimum Gasteiger partial charge on any atom is -0.875 e. The number of esters is 1. The van der Waals surface area contributed by atoms with Gasteiger partial charge in [-0.2, -0.15) is 0 Å². The van der Waals surface area contributed by atoms with E-state index in [1.165, 1.54) is 38.5 Å². The molecule has 2 atom stereocenters. The summed E-state index contributed by atoms with van der Waals surface area (Å²) in [6.07, 6.45) is 24.7. The number of rotatable bonds is 18. The number of carboxylic acid groups (broad SMARTS) is 1. The molecule has 9 nitrogen and oxygen atoms in total. The van der Waals surface area contributed by atoms with Crippen LogP contribution in [0.1, 0.15) is 149 Å². The average Bonchev–Trinajstić information content (AvgIpc) is 3.92. The number of aromatic nitrogens is 1. The molecule has 1 N–H and O–H groups in total. The molecule has 5 heterocycles. The second kappa shape index (κ2) is 19.9. The van der Waals surface area contributed by atoms with Crippen molar-refractivity contribution in [2.45, 2.75) is 144 Å². The van der Waals surface area contributed by atoms with Gasteiger partial charge in [0.1, 0.15) is 5.70 Å². The topological polar surface area (TPSA) is 138 Å². The molecular formula is C47H58N4NiO5. The van der Waals surface area contributed by atoms with Crippen LogP contribution in [0.3, 0.4) is 0 Å². The van der Waals surface area contributed by atoms with Crippen molar-refractivity contribution in [2.75, 3.05) is 0 Å². The van der Waals surface area contributed by atoms with Crippen LogP contribution in [0.15, 0.2) is 78.9 Å². The first-order valence-corrected chi connectivity index (χ1v) is 21.0. The minimum atomic E-state index is -0.875. The Labute approximate surface area is 348 Å². The van der Waals surface area contributed by atoms with Gasteiger partial charge in [0.15, 0.2) is 5.76 Å². The number of unbranched alkanes of at least 4 members (excludes halogenated alkanes) is 9. The smallest absolute Gasteiger partial charge is 0.875 e. The van der Waals surface area contributed by atoms with Crippen LogP contribution in [-0.4, -0.2) is 34.2 Å². The first-order chi connectivity index (χ1) is 27.0. The van der Waals surface area contributed by atoms with Gasteiger partial charge in [-0.05, 0) is 106 Å². The molecule has 5 aliphatic rings. The van der Waals surface area contributed by atoms with Crippen molar-refractivity contribution in [2.24, 2.45) is 26.8 Å². The van der Waals surface area contributed by atoms with E-state index in [1.54, 1.807) is 0 Å². The Hall–Kier alpha value is -4.30. The van der Waals surface area contributed by atoms with Crippen molar-refractivity contribution in [3.63, 3.8) is 0 Å². The number of aliphatic imine (C=N–C) groups is 3. The van der Waals surface area contributed by atoms with E-state index in [1.807, 2.05) is 45.9 Å². The molecule has 10 heteroatoms. The molecule has 57 heavy (non-hydrogen) atoms. The normalized spacial score (nSPS) is 19.8. The minimum absolute atomic E-state index is 0. The van der Waals surface area contributed by atoms with Gasteiger partial charge in [-0.25, -0.2) is 9.98 Å². The maximum atomic E-state index is 13.5. The van der Waals surface area contributed by atoms with E-state index < -0.39 is 5.97 Å². The number of allylic oxidation sites excluding steroid dienone is 8. The number of ether oxygens (including phenoxy) is 1. The Kier molecular flexibility index (Phi) is 15.3. The number of aliphatic carboxylic acids is 1. The van der Waals surface area contributed by atoms with Gasteiger partial charge in [0.25, 0.3) is 0 Å². The molecule has 0 spiro atoms. The Morgan fingerprint density at radius 3 is 2.25 bits per heavy atom.